The van der Waals surface area contributed by atoms with Gasteiger partial charge in [0.1, 0.15) is 5.75 Å². The van der Waals surface area contributed by atoms with Crippen molar-refractivity contribution in [1.29, 1.82) is 0 Å². The van der Waals surface area contributed by atoms with Gasteiger partial charge in [-0.2, -0.15) is 0 Å². The lowest BCUT2D eigenvalue weighted by Crippen LogP contribution is -3.13. The highest BCUT2D eigenvalue weighted by Gasteiger charge is 2.34. The van der Waals surface area contributed by atoms with E-state index < -0.39 is 0 Å². The Kier molecular flexibility index (Phi) is 4.47. The number of piperidine rings is 1. The van der Waals surface area contributed by atoms with Gasteiger partial charge in [-0.3, -0.25) is 0 Å². The lowest BCUT2D eigenvalue weighted by molar-refractivity contribution is -0.931. The molecule has 1 aliphatic carbocycles. The third-order valence-corrected chi connectivity index (χ3v) is 5.58. The molecule has 0 bridgehead atoms. The lowest BCUT2D eigenvalue weighted by atomic mass is 10.0. The van der Waals surface area contributed by atoms with Gasteiger partial charge in [-0.1, -0.05) is 12.8 Å². The summed E-state index contributed by atoms with van der Waals surface area (Å²) in [5.74, 6) is 1.30. The van der Waals surface area contributed by atoms with Crippen LogP contribution in [-0.4, -0.2) is 38.4 Å². The zero-order valence-electron chi connectivity index (χ0n) is 14.1. The van der Waals surface area contributed by atoms with Gasteiger partial charge in [0, 0.05) is 5.56 Å². The molecule has 24 heavy (non-hydrogen) atoms. The molecule has 2 aromatic rings. The highest BCUT2D eigenvalue weighted by molar-refractivity contribution is 5.29. The van der Waals surface area contributed by atoms with E-state index in [9.17, 15) is 5.11 Å². The SMILES string of the molecule is Oc1ccc([C@@H](c2nnnn2C2CCCC2)[NH+]2CCCCC2)cc1. The fraction of sp³-hybridized carbons (Fsp3) is 0.611. The van der Waals surface area contributed by atoms with E-state index in [1.165, 1.54) is 50.5 Å². The first kappa shape index (κ1) is 15.6. The number of rotatable bonds is 4. The minimum atomic E-state index is 0.154. The standard InChI is InChI=1S/C18H25N5O/c24-16-10-8-14(9-11-16)17(22-12-4-1-5-13-22)18-19-20-21-23(18)15-6-2-3-7-15/h8-11,15,17,24H,1-7,12-13H2/p+1/t17-/m0/s1. The summed E-state index contributed by atoms with van der Waals surface area (Å²) in [7, 11) is 0. The van der Waals surface area contributed by atoms with Gasteiger partial charge in [0.2, 0.25) is 5.82 Å². The van der Waals surface area contributed by atoms with Crippen molar-refractivity contribution in [3.63, 3.8) is 0 Å². The quantitative estimate of drug-likeness (QED) is 0.895. The molecular weight excluding hydrogens is 302 g/mol. The monoisotopic (exact) mass is 328 g/mol. The highest BCUT2D eigenvalue weighted by Crippen LogP contribution is 2.31. The van der Waals surface area contributed by atoms with E-state index in [1.54, 1.807) is 17.0 Å². The largest absolute Gasteiger partial charge is 0.508 e. The van der Waals surface area contributed by atoms with Crippen molar-refractivity contribution >= 4 is 0 Å². The van der Waals surface area contributed by atoms with E-state index >= 15 is 0 Å². The van der Waals surface area contributed by atoms with Gasteiger partial charge in [-0.05, 0) is 66.8 Å². The molecule has 1 saturated heterocycles. The summed E-state index contributed by atoms with van der Waals surface area (Å²) in [6.07, 6.45) is 8.73. The molecule has 1 aromatic heterocycles. The Labute approximate surface area is 142 Å². The van der Waals surface area contributed by atoms with Crippen LogP contribution in [0.4, 0.5) is 0 Å². The van der Waals surface area contributed by atoms with E-state index in [0.717, 1.165) is 18.9 Å². The van der Waals surface area contributed by atoms with Crippen molar-refractivity contribution in [2.75, 3.05) is 13.1 Å². The summed E-state index contributed by atoms with van der Waals surface area (Å²) >= 11 is 0. The van der Waals surface area contributed by atoms with Crippen LogP contribution >= 0.6 is 0 Å². The van der Waals surface area contributed by atoms with Gasteiger partial charge in [-0.25, -0.2) is 4.68 Å². The van der Waals surface area contributed by atoms with Crippen molar-refractivity contribution in [3.05, 3.63) is 35.7 Å². The van der Waals surface area contributed by atoms with Crippen molar-refractivity contribution in [2.45, 2.75) is 57.0 Å². The molecule has 0 radical (unpaired) electrons. The number of nitrogens with one attached hydrogen (secondary N) is 1. The molecule has 0 unspecified atom stereocenters. The van der Waals surface area contributed by atoms with Gasteiger partial charge in [-0.15, -0.1) is 5.10 Å². The van der Waals surface area contributed by atoms with Crippen LogP contribution in [0.25, 0.3) is 0 Å². The maximum Gasteiger partial charge on any atom is 0.214 e. The van der Waals surface area contributed by atoms with E-state index in [1.807, 2.05) is 12.1 Å². The third-order valence-electron chi connectivity index (χ3n) is 5.58. The Bertz CT molecular complexity index is 656. The number of aromatic hydroxyl groups is 1. The summed E-state index contributed by atoms with van der Waals surface area (Å²) in [5.41, 5.74) is 1.19. The second-order valence-corrected chi connectivity index (χ2v) is 7.16. The number of likely N-dealkylation sites (tertiary alicyclic amines) is 1. The molecule has 2 N–H and O–H groups in total. The van der Waals surface area contributed by atoms with Crippen LogP contribution in [0.1, 0.15) is 68.4 Å². The van der Waals surface area contributed by atoms with E-state index in [2.05, 4.69) is 20.2 Å². The van der Waals surface area contributed by atoms with E-state index in [0.29, 0.717) is 11.8 Å². The molecular formula is C18H26N5O+. The number of hydrogen-bond donors (Lipinski definition) is 2. The summed E-state index contributed by atoms with van der Waals surface area (Å²) < 4.78 is 2.09. The molecule has 2 fully saturated rings. The Morgan fingerprint density at radius 3 is 2.42 bits per heavy atom. The van der Waals surface area contributed by atoms with Crippen molar-refractivity contribution in [1.82, 2.24) is 20.2 Å². The number of hydrogen-bond acceptors (Lipinski definition) is 4. The van der Waals surface area contributed by atoms with Crippen LogP contribution in [0, 0.1) is 0 Å². The topological polar surface area (TPSA) is 68.3 Å². The Balaban J connectivity index is 1.72. The Morgan fingerprint density at radius 1 is 1.00 bits per heavy atom. The number of quaternary nitrogens is 1. The average Bonchev–Trinajstić information content (AvgIpc) is 3.29. The molecule has 0 amide bonds. The molecule has 4 rings (SSSR count). The van der Waals surface area contributed by atoms with Crippen LogP contribution in [0.15, 0.2) is 24.3 Å². The van der Waals surface area contributed by atoms with Crippen LogP contribution in [0.3, 0.4) is 0 Å². The predicted octanol–water partition coefficient (Wildman–Crippen LogP) is 1.65. The number of benzene rings is 1. The first-order valence-corrected chi connectivity index (χ1v) is 9.24. The van der Waals surface area contributed by atoms with Crippen LogP contribution < -0.4 is 4.90 Å². The summed E-state index contributed by atoms with van der Waals surface area (Å²) in [6, 6.07) is 8.19. The van der Waals surface area contributed by atoms with Crippen LogP contribution in [0.2, 0.25) is 0 Å². The zero-order valence-corrected chi connectivity index (χ0v) is 14.1. The lowest BCUT2D eigenvalue weighted by Gasteiger charge is -2.31. The van der Waals surface area contributed by atoms with Crippen LogP contribution in [0.5, 0.6) is 5.75 Å². The maximum atomic E-state index is 9.65. The van der Waals surface area contributed by atoms with Gasteiger partial charge < -0.3 is 10.0 Å². The smallest absolute Gasteiger partial charge is 0.214 e. The predicted molar refractivity (Wildman–Crippen MR) is 89.8 cm³/mol. The summed E-state index contributed by atoms with van der Waals surface area (Å²) in [6.45, 7) is 2.31. The molecule has 2 aliphatic rings. The molecule has 1 saturated carbocycles. The molecule has 1 aliphatic heterocycles. The molecule has 128 valence electrons. The average molecular weight is 328 g/mol. The number of aromatic nitrogens is 4. The normalized spacial score (nSPS) is 21.2. The van der Waals surface area contributed by atoms with E-state index in [-0.39, 0.29) is 6.04 Å². The fourth-order valence-corrected chi connectivity index (χ4v) is 4.33. The minimum absolute atomic E-state index is 0.154. The zero-order chi connectivity index (χ0) is 16.4. The van der Waals surface area contributed by atoms with Crippen molar-refractivity contribution in [3.8, 4) is 5.75 Å². The number of phenolic OH excluding ortho intramolecular Hbond substituents is 1. The Morgan fingerprint density at radius 2 is 1.71 bits per heavy atom. The fourth-order valence-electron chi connectivity index (χ4n) is 4.33. The molecule has 6 heteroatoms. The second-order valence-electron chi connectivity index (χ2n) is 7.16. The molecule has 1 atom stereocenters. The van der Waals surface area contributed by atoms with Crippen molar-refractivity contribution < 1.29 is 10.0 Å². The second kappa shape index (κ2) is 6.89. The third kappa shape index (κ3) is 3.02. The van der Waals surface area contributed by atoms with Gasteiger partial charge in [0.25, 0.3) is 0 Å². The number of tetrazole rings is 1. The highest BCUT2D eigenvalue weighted by atomic mass is 16.3. The summed E-state index contributed by atoms with van der Waals surface area (Å²) in [5, 5.41) is 22.5. The van der Waals surface area contributed by atoms with Crippen molar-refractivity contribution in [2.24, 2.45) is 0 Å². The maximum absolute atomic E-state index is 9.65. The van der Waals surface area contributed by atoms with Crippen LogP contribution in [-0.2, 0) is 0 Å². The minimum Gasteiger partial charge on any atom is -0.508 e. The first-order chi connectivity index (χ1) is 11.8. The van der Waals surface area contributed by atoms with Gasteiger partial charge in [0.05, 0.1) is 19.1 Å². The molecule has 6 nitrogen and oxygen atoms in total. The molecule has 2 heterocycles. The van der Waals surface area contributed by atoms with Gasteiger partial charge >= 0.3 is 0 Å². The summed E-state index contributed by atoms with van der Waals surface area (Å²) in [4.78, 5) is 1.54. The van der Waals surface area contributed by atoms with E-state index in [4.69, 9.17) is 0 Å². The first-order valence-electron chi connectivity index (χ1n) is 9.24. The molecule has 0 spiro atoms. The molecule has 1 aromatic carbocycles. The Hall–Kier alpha value is -1.95. The van der Waals surface area contributed by atoms with Gasteiger partial charge in [0.15, 0.2) is 6.04 Å². The number of nitrogens with zero attached hydrogens (tertiary/aromatic N) is 4. The number of phenols is 1.